The molecule has 0 bridgehead atoms. The number of ether oxygens (including phenoxy) is 2. The molecule has 5 heteroatoms. The van der Waals surface area contributed by atoms with Crippen LogP contribution < -0.4 is 0 Å². The van der Waals surface area contributed by atoms with Gasteiger partial charge in [-0.1, -0.05) is 11.8 Å². The summed E-state index contributed by atoms with van der Waals surface area (Å²) in [6.07, 6.45) is 0.763. The second-order valence-electron chi connectivity index (χ2n) is 5.67. The third-order valence-electron chi connectivity index (χ3n) is 3.61. The highest BCUT2D eigenvalue weighted by Crippen LogP contribution is 2.32. The summed E-state index contributed by atoms with van der Waals surface area (Å²) in [5.74, 6) is 2.04. The van der Waals surface area contributed by atoms with Gasteiger partial charge < -0.3 is 9.47 Å². The maximum Gasteiger partial charge on any atom is 0.0903 e. The topological polar surface area (TPSA) is 21.8 Å². The summed E-state index contributed by atoms with van der Waals surface area (Å²) in [5, 5.41) is 0. The van der Waals surface area contributed by atoms with Crippen molar-refractivity contribution in [1.82, 2.24) is 0 Å². The Bertz CT molecular complexity index is 624. The smallest absolute Gasteiger partial charge is 0.0903 e. The minimum Gasteiger partial charge on any atom is -0.381 e. The van der Waals surface area contributed by atoms with Crippen molar-refractivity contribution in [2.45, 2.75) is 38.7 Å². The summed E-state index contributed by atoms with van der Waals surface area (Å²) in [6, 6.07) is 17.6. The van der Waals surface area contributed by atoms with Gasteiger partial charge in [0.25, 0.3) is 0 Å². The third-order valence-corrected chi connectivity index (χ3v) is 7.01. The van der Waals surface area contributed by atoms with Crippen LogP contribution in [0.3, 0.4) is 0 Å². The maximum absolute atomic E-state index is 5.28. The molecule has 2 atom stereocenters. The number of epoxide rings is 1. The van der Waals surface area contributed by atoms with Crippen LogP contribution in [-0.4, -0.2) is 37.4 Å². The van der Waals surface area contributed by atoms with Crippen molar-refractivity contribution in [3.05, 3.63) is 48.5 Å². The fraction of sp³-hybridized carbons (Fsp3) is 0.368. The van der Waals surface area contributed by atoms with Crippen LogP contribution in [0.25, 0.3) is 0 Å². The van der Waals surface area contributed by atoms with E-state index in [9.17, 15) is 0 Å². The van der Waals surface area contributed by atoms with E-state index in [2.05, 4.69) is 55.5 Å². The Morgan fingerprint density at radius 1 is 0.958 bits per heavy atom. The summed E-state index contributed by atoms with van der Waals surface area (Å²) >= 11 is 5.51. The lowest BCUT2D eigenvalue weighted by atomic mass is 10.4. The van der Waals surface area contributed by atoms with Gasteiger partial charge in [0.15, 0.2) is 0 Å². The Morgan fingerprint density at radius 2 is 1.46 bits per heavy atom. The fourth-order valence-corrected chi connectivity index (χ4v) is 4.59. The highest BCUT2D eigenvalue weighted by Gasteiger charge is 2.22. The molecule has 1 heterocycles. The zero-order valence-corrected chi connectivity index (χ0v) is 16.4. The molecule has 1 aliphatic heterocycles. The number of hydrogen-bond donors (Lipinski definition) is 0. The first kappa shape index (κ1) is 18.2. The Kier molecular flexibility index (Phi) is 6.98. The predicted octanol–water partition coefficient (Wildman–Crippen LogP) is 5.46. The molecule has 0 spiro atoms. The molecule has 0 N–H and O–H groups in total. The molecule has 2 aromatic rings. The van der Waals surface area contributed by atoms with Crippen LogP contribution in [-0.2, 0) is 9.47 Å². The predicted molar refractivity (Wildman–Crippen MR) is 105 cm³/mol. The summed E-state index contributed by atoms with van der Waals surface area (Å²) in [7, 11) is 1.76. The first-order valence-electron chi connectivity index (χ1n) is 8.01. The van der Waals surface area contributed by atoms with Gasteiger partial charge in [0, 0.05) is 38.2 Å². The lowest BCUT2D eigenvalue weighted by molar-refractivity contribution is 0.138. The van der Waals surface area contributed by atoms with Gasteiger partial charge in [-0.2, -0.15) is 0 Å². The van der Waals surface area contributed by atoms with Crippen LogP contribution in [0.15, 0.2) is 68.1 Å². The average molecular weight is 379 g/mol. The molecule has 0 aliphatic carbocycles. The molecule has 0 aromatic heterocycles. The number of rotatable bonds is 9. The lowest BCUT2D eigenvalue weighted by Crippen LogP contribution is -2.07. The first-order valence-corrected chi connectivity index (χ1v) is 10.8. The van der Waals surface area contributed by atoms with E-state index in [0.717, 1.165) is 18.1 Å². The van der Waals surface area contributed by atoms with E-state index in [0.29, 0.717) is 6.10 Å². The van der Waals surface area contributed by atoms with Crippen molar-refractivity contribution in [2.24, 2.45) is 0 Å². The number of methoxy groups -OCH3 is 1. The van der Waals surface area contributed by atoms with Crippen LogP contribution >= 0.6 is 35.3 Å². The molecule has 2 nitrogen and oxygen atoms in total. The summed E-state index contributed by atoms with van der Waals surface area (Å²) < 4.78 is 10.5. The van der Waals surface area contributed by atoms with Gasteiger partial charge in [-0.25, -0.2) is 0 Å². The Labute approximate surface area is 157 Å². The second-order valence-corrected chi connectivity index (χ2v) is 9.00. The van der Waals surface area contributed by atoms with Gasteiger partial charge in [-0.05, 0) is 55.5 Å². The van der Waals surface area contributed by atoms with Gasteiger partial charge in [0.05, 0.1) is 18.8 Å². The molecule has 2 unspecified atom stereocenters. The van der Waals surface area contributed by atoms with Gasteiger partial charge in [-0.15, -0.1) is 23.5 Å². The van der Waals surface area contributed by atoms with E-state index in [1.54, 1.807) is 18.9 Å². The van der Waals surface area contributed by atoms with Gasteiger partial charge in [-0.3, -0.25) is 0 Å². The van der Waals surface area contributed by atoms with Crippen LogP contribution in [0, 0.1) is 0 Å². The zero-order valence-electron chi connectivity index (χ0n) is 13.9. The maximum atomic E-state index is 5.28. The standard InChI is InChI=1S/C19H22O2S3/c1-14(20-2)12-22-16-3-7-18(8-4-16)24-19-9-5-17(6-10-19)23-13-15-11-21-15/h3-10,14-15H,11-13H2,1-2H3. The van der Waals surface area contributed by atoms with Crippen LogP contribution in [0.1, 0.15) is 6.92 Å². The molecule has 1 aliphatic rings. The Balaban J connectivity index is 1.49. The number of hydrogen-bond acceptors (Lipinski definition) is 5. The molecule has 0 radical (unpaired) electrons. The minimum absolute atomic E-state index is 0.284. The SMILES string of the molecule is COC(C)CSc1ccc(Sc2ccc(SCC3CO3)cc2)cc1. The van der Waals surface area contributed by atoms with Crippen LogP contribution in [0.4, 0.5) is 0 Å². The molecule has 128 valence electrons. The van der Waals surface area contributed by atoms with Gasteiger partial charge in [0.2, 0.25) is 0 Å². The van der Waals surface area contributed by atoms with Crippen LogP contribution in [0.2, 0.25) is 0 Å². The first-order chi connectivity index (χ1) is 11.7. The van der Waals surface area contributed by atoms with E-state index in [4.69, 9.17) is 9.47 Å². The molecular weight excluding hydrogens is 356 g/mol. The minimum atomic E-state index is 0.284. The largest absolute Gasteiger partial charge is 0.381 e. The van der Waals surface area contributed by atoms with Crippen molar-refractivity contribution in [1.29, 1.82) is 0 Å². The highest BCUT2D eigenvalue weighted by atomic mass is 32.2. The Hall–Kier alpha value is -0.590. The zero-order chi connectivity index (χ0) is 16.8. The van der Waals surface area contributed by atoms with E-state index < -0.39 is 0 Å². The van der Waals surface area contributed by atoms with E-state index in [1.807, 2.05) is 23.5 Å². The third kappa shape index (κ3) is 6.05. The quantitative estimate of drug-likeness (QED) is 0.426. The highest BCUT2D eigenvalue weighted by molar-refractivity contribution is 8.00. The molecular formula is C19H22O2S3. The number of benzene rings is 2. The summed E-state index contributed by atoms with van der Waals surface area (Å²) in [6.45, 7) is 3.02. The normalized spacial score (nSPS) is 17.7. The molecule has 3 rings (SSSR count). The van der Waals surface area contributed by atoms with Crippen molar-refractivity contribution >= 4 is 35.3 Å². The molecule has 1 fully saturated rings. The van der Waals surface area contributed by atoms with E-state index in [-0.39, 0.29) is 6.10 Å². The van der Waals surface area contributed by atoms with Crippen molar-refractivity contribution in [3.63, 3.8) is 0 Å². The molecule has 0 amide bonds. The molecule has 2 aromatic carbocycles. The van der Waals surface area contributed by atoms with Crippen molar-refractivity contribution < 1.29 is 9.47 Å². The summed E-state index contributed by atoms with van der Waals surface area (Å²) in [5.41, 5.74) is 0. The van der Waals surface area contributed by atoms with Gasteiger partial charge >= 0.3 is 0 Å². The van der Waals surface area contributed by atoms with Gasteiger partial charge in [0.1, 0.15) is 0 Å². The van der Waals surface area contributed by atoms with E-state index >= 15 is 0 Å². The monoisotopic (exact) mass is 378 g/mol. The fourth-order valence-electron chi connectivity index (χ4n) is 1.98. The summed E-state index contributed by atoms with van der Waals surface area (Å²) in [4.78, 5) is 5.15. The molecule has 1 saturated heterocycles. The van der Waals surface area contributed by atoms with Crippen LogP contribution in [0.5, 0.6) is 0 Å². The molecule has 0 saturated carbocycles. The molecule has 24 heavy (non-hydrogen) atoms. The Morgan fingerprint density at radius 3 is 1.96 bits per heavy atom. The number of thioether (sulfide) groups is 2. The average Bonchev–Trinajstić information content (AvgIpc) is 3.45. The van der Waals surface area contributed by atoms with Crippen molar-refractivity contribution in [2.75, 3.05) is 25.2 Å². The van der Waals surface area contributed by atoms with E-state index in [1.165, 1.54) is 19.6 Å². The second kappa shape index (κ2) is 9.20. The lowest BCUT2D eigenvalue weighted by Gasteiger charge is -2.09. The van der Waals surface area contributed by atoms with Crippen molar-refractivity contribution in [3.8, 4) is 0 Å².